The lowest BCUT2D eigenvalue weighted by molar-refractivity contribution is -0.116. The summed E-state index contributed by atoms with van der Waals surface area (Å²) in [6.45, 7) is 0.643. The number of amides is 1. The number of benzene rings is 2. The summed E-state index contributed by atoms with van der Waals surface area (Å²) in [5, 5.41) is 21.4. The molecule has 2 aromatic rings. The number of nitrogens with one attached hydrogen (secondary N) is 1. The van der Waals surface area contributed by atoms with Crippen molar-refractivity contribution in [2.75, 3.05) is 13.3 Å². The van der Waals surface area contributed by atoms with E-state index >= 15 is 0 Å². The molecule has 24 heavy (non-hydrogen) atoms. The Hall–Kier alpha value is -3.15. The number of phenolic OH excluding ortho intramolecular Hbond substituents is 2. The molecule has 0 saturated heterocycles. The first-order valence-electron chi connectivity index (χ1n) is 7.48. The van der Waals surface area contributed by atoms with Gasteiger partial charge in [0, 0.05) is 12.6 Å². The van der Waals surface area contributed by atoms with Crippen LogP contribution in [-0.2, 0) is 11.2 Å². The predicted octanol–water partition coefficient (Wildman–Crippen LogP) is 2.20. The maximum Gasteiger partial charge on any atom is 0.244 e. The highest BCUT2D eigenvalue weighted by molar-refractivity contribution is 5.91. The molecular formula is C18H17NO5. The van der Waals surface area contributed by atoms with Gasteiger partial charge < -0.3 is 25.0 Å². The Morgan fingerprint density at radius 3 is 2.75 bits per heavy atom. The minimum absolute atomic E-state index is 0.158. The Morgan fingerprint density at radius 2 is 1.92 bits per heavy atom. The molecule has 0 unspecified atom stereocenters. The van der Waals surface area contributed by atoms with E-state index in [9.17, 15) is 15.0 Å². The summed E-state index contributed by atoms with van der Waals surface area (Å²) in [5.41, 5.74) is 1.67. The van der Waals surface area contributed by atoms with Crippen LogP contribution < -0.4 is 14.8 Å². The maximum atomic E-state index is 11.8. The van der Waals surface area contributed by atoms with Crippen LogP contribution in [0.4, 0.5) is 0 Å². The highest BCUT2D eigenvalue weighted by Crippen LogP contribution is 2.32. The van der Waals surface area contributed by atoms with Gasteiger partial charge in [0.1, 0.15) is 0 Å². The average molecular weight is 327 g/mol. The summed E-state index contributed by atoms with van der Waals surface area (Å²) in [6, 6.07) is 10.1. The molecule has 6 heteroatoms. The first-order chi connectivity index (χ1) is 11.6. The minimum atomic E-state index is -0.212. The summed E-state index contributed by atoms with van der Waals surface area (Å²) in [4.78, 5) is 11.8. The molecule has 0 aliphatic carbocycles. The highest BCUT2D eigenvalue weighted by Gasteiger charge is 2.12. The van der Waals surface area contributed by atoms with Crippen LogP contribution >= 0.6 is 0 Å². The first kappa shape index (κ1) is 15.7. The van der Waals surface area contributed by atoms with Gasteiger partial charge in [0.2, 0.25) is 12.7 Å². The number of rotatable bonds is 5. The lowest BCUT2D eigenvalue weighted by atomic mass is 10.1. The molecule has 6 nitrogen and oxygen atoms in total. The lowest BCUT2D eigenvalue weighted by Crippen LogP contribution is -2.23. The van der Waals surface area contributed by atoms with Crippen LogP contribution in [0.3, 0.4) is 0 Å². The zero-order chi connectivity index (χ0) is 16.9. The quantitative estimate of drug-likeness (QED) is 0.579. The molecule has 0 aromatic heterocycles. The fourth-order valence-electron chi connectivity index (χ4n) is 2.30. The number of aromatic hydroxyl groups is 2. The van der Waals surface area contributed by atoms with Crippen LogP contribution in [0.2, 0.25) is 0 Å². The van der Waals surface area contributed by atoms with Gasteiger partial charge in [0.25, 0.3) is 0 Å². The molecule has 124 valence electrons. The fraction of sp³-hybridized carbons (Fsp3) is 0.167. The van der Waals surface area contributed by atoms with Gasteiger partial charge in [-0.2, -0.15) is 0 Å². The van der Waals surface area contributed by atoms with E-state index in [1.165, 1.54) is 18.2 Å². The third-order valence-electron chi connectivity index (χ3n) is 3.58. The Kier molecular flexibility index (Phi) is 4.56. The number of phenols is 2. The van der Waals surface area contributed by atoms with Crippen LogP contribution in [-0.4, -0.2) is 29.5 Å². The van der Waals surface area contributed by atoms with E-state index in [4.69, 9.17) is 9.47 Å². The lowest BCUT2D eigenvalue weighted by Gasteiger charge is -2.04. The van der Waals surface area contributed by atoms with E-state index in [1.54, 1.807) is 18.2 Å². The first-order valence-corrected chi connectivity index (χ1v) is 7.48. The zero-order valence-electron chi connectivity index (χ0n) is 12.9. The summed E-state index contributed by atoms with van der Waals surface area (Å²) in [7, 11) is 0. The van der Waals surface area contributed by atoms with Crippen molar-refractivity contribution in [2.45, 2.75) is 6.42 Å². The molecule has 3 rings (SSSR count). The van der Waals surface area contributed by atoms with Gasteiger partial charge in [-0.3, -0.25) is 4.79 Å². The maximum absolute atomic E-state index is 11.8. The third kappa shape index (κ3) is 3.78. The number of ether oxygens (including phenoxy) is 2. The van der Waals surface area contributed by atoms with Crippen molar-refractivity contribution in [3.63, 3.8) is 0 Å². The molecular weight excluding hydrogens is 310 g/mol. The second-order valence-corrected chi connectivity index (χ2v) is 5.31. The normalized spacial score (nSPS) is 12.5. The van der Waals surface area contributed by atoms with Crippen LogP contribution in [0.1, 0.15) is 11.1 Å². The van der Waals surface area contributed by atoms with Gasteiger partial charge in [0.15, 0.2) is 23.0 Å². The van der Waals surface area contributed by atoms with Gasteiger partial charge in [-0.15, -0.1) is 0 Å². The molecule has 0 bridgehead atoms. The minimum Gasteiger partial charge on any atom is -0.504 e. The van der Waals surface area contributed by atoms with E-state index in [-0.39, 0.29) is 24.2 Å². The van der Waals surface area contributed by atoms with Gasteiger partial charge in [-0.25, -0.2) is 0 Å². The number of fused-ring (bicyclic) bond motifs is 1. The van der Waals surface area contributed by atoms with Crippen LogP contribution in [0, 0.1) is 0 Å². The average Bonchev–Trinajstić information content (AvgIpc) is 3.04. The van der Waals surface area contributed by atoms with Crippen molar-refractivity contribution in [2.24, 2.45) is 0 Å². The molecule has 0 radical (unpaired) electrons. The van der Waals surface area contributed by atoms with E-state index in [0.29, 0.717) is 24.5 Å². The monoisotopic (exact) mass is 327 g/mol. The Balaban J connectivity index is 1.49. The Bertz CT molecular complexity index is 785. The van der Waals surface area contributed by atoms with Crippen molar-refractivity contribution < 1.29 is 24.5 Å². The van der Waals surface area contributed by atoms with E-state index < -0.39 is 0 Å². The fourth-order valence-corrected chi connectivity index (χ4v) is 2.30. The van der Waals surface area contributed by atoms with Crippen molar-refractivity contribution in [3.8, 4) is 23.0 Å². The molecule has 1 amide bonds. The van der Waals surface area contributed by atoms with Crippen molar-refractivity contribution in [3.05, 3.63) is 53.6 Å². The number of hydrogen-bond acceptors (Lipinski definition) is 5. The van der Waals surface area contributed by atoms with Gasteiger partial charge in [-0.1, -0.05) is 12.1 Å². The zero-order valence-corrected chi connectivity index (χ0v) is 12.9. The summed E-state index contributed by atoms with van der Waals surface area (Å²) < 4.78 is 10.5. The van der Waals surface area contributed by atoms with Crippen LogP contribution in [0.25, 0.3) is 6.08 Å². The van der Waals surface area contributed by atoms with Gasteiger partial charge in [-0.05, 0) is 47.9 Å². The van der Waals surface area contributed by atoms with Gasteiger partial charge in [0.05, 0.1) is 0 Å². The molecule has 3 N–H and O–H groups in total. The topological polar surface area (TPSA) is 88.0 Å². The summed E-state index contributed by atoms with van der Waals surface area (Å²) in [5.74, 6) is 0.838. The van der Waals surface area contributed by atoms with Crippen molar-refractivity contribution >= 4 is 12.0 Å². The largest absolute Gasteiger partial charge is 0.504 e. The highest BCUT2D eigenvalue weighted by atomic mass is 16.7. The van der Waals surface area contributed by atoms with Gasteiger partial charge >= 0.3 is 0 Å². The molecule has 0 atom stereocenters. The number of hydrogen-bond donors (Lipinski definition) is 3. The molecule has 0 spiro atoms. The smallest absolute Gasteiger partial charge is 0.244 e. The molecule has 0 saturated carbocycles. The summed E-state index contributed by atoms with van der Waals surface area (Å²) in [6.07, 6.45) is 3.70. The Labute approximate surface area is 139 Å². The van der Waals surface area contributed by atoms with Crippen LogP contribution in [0.5, 0.6) is 23.0 Å². The van der Waals surface area contributed by atoms with Crippen molar-refractivity contribution in [1.29, 1.82) is 0 Å². The van der Waals surface area contributed by atoms with E-state index in [1.807, 2.05) is 12.1 Å². The van der Waals surface area contributed by atoms with E-state index in [2.05, 4.69) is 5.32 Å². The number of carbonyl (C=O) groups excluding carboxylic acids is 1. The molecule has 0 fully saturated rings. The molecule has 1 aliphatic rings. The standard InChI is InChI=1S/C18H17NO5/c20-14-4-1-13(9-15(14)21)7-8-19-18(22)6-3-12-2-5-16-17(10-12)24-11-23-16/h1-6,9-10,20-21H,7-8,11H2,(H,19,22). The predicted molar refractivity (Wildman–Crippen MR) is 88.1 cm³/mol. The SMILES string of the molecule is O=C(C=Cc1ccc2c(c1)OCO2)NCCc1ccc(O)c(O)c1. The third-order valence-corrected chi connectivity index (χ3v) is 3.58. The molecule has 1 heterocycles. The molecule has 1 aliphatic heterocycles. The van der Waals surface area contributed by atoms with Crippen LogP contribution in [0.15, 0.2) is 42.5 Å². The Morgan fingerprint density at radius 1 is 1.08 bits per heavy atom. The second kappa shape index (κ2) is 6.95. The number of carbonyl (C=O) groups is 1. The second-order valence-electron chi connectivity index (χ2n) is 5.31. The van der Waals surface area contributed by atoms with Crippen molar-refractivity contribution in [1.82, 2.24) is 5.32 Å². The molecule has 2 aromatic carbocycles. The van der Waals surface area contributed by atoms with E-state index in [0.717, 1.165) is 11.1 Å². The summed E-state index contributed by atoms with van der Waals surface area (Å²) >= 11 is 0.